The first-order chi connectivity index (χ1) is 14.8. The maximum Gasteiger partial charge on any atom is 0.335 e. The maximum absolute atomic E-state index is 11.4. The molecule has 0 bridgehead atoms. The number of carboxylic acids is 1. The highest BCUT2D eigenvalue weighted by molar-refractivity contribution is 5.74. The second kappa shape index (κ2) is 14.3. The number of benzene rings is 2. The van der Waals surface area contributed by atoms with Crippen molar-refractivity contribution in [2.45, 2.75) is 53.1 Å². The van der Waals surface area contributed by atoms with Crippen LogP contribution < -0.4 is 0 Å². The Labute approximate surface area is 185 Å². The molecular weight excluding hydrogens is 396 g/mol. The topological polar surface area (TPSA) is 82.1 Å². The molecule has 0 aliphatic heterocycles. The van der Waals surface area contributed by atoms with Crippen LogP contribution in [0.4, 0.5) is 0 Å². The fraction of sp³-hybridized carbons (Fsp3) is 0.440. The molecule has 6 nitrogen and oxygen atoms in total. The number of hydrogen-bond acceptors (Lipinski definition) is 5. The highest BCUT2D eigenvalue weighted by atomic mass is 16.6. The van der Waals surface area contributed by atoms with Crippen molar-refractivity contribution in [3.05, 3.63) is 71.8 Å². The van der Waals surface area contributed by atoms with Gasteiger partial charge in [-0.25, -0.2) is 9.59 Å². The molecule has 0 aliphatic carbocycles. The van der Waals surface area contributed by atoms with Crippen molar-refractivity contribution in [1.82, 2.24) is 0 Å². The Morgan fingerprint density at radius 2 is 1.13 bits per heavy atom. The van der Waals surface area contributed by atoms with Gasteiger partial charge in [-0.15, -0.1) is 0 Å². The Kier molecular flexibility index (Phi) is 12.2. The summed E-state index contributed by atoms with van der Waals surface area (Å²) in [5.74, 6) is -1.13. The molecule has 2 atom stereocenters. The van der Waals surface area contributed by atoms with Gasteiger partial charge >= 0.3 is 11.9 Å². The zero-order valence-electron chi connectivity index (χ0n) is 19.0. The van der Waals surface area contributed by atoms with Gasteiger partial charge in [0, 0.05) is 0 Å². The predicted octanol–water partition coefficient (Wildman–Crippen LogP) is 4.71. The van der Waals surface area contributed by atoms with Gasteiger partial charge in [-0.3, -0.25) is 0 Å². The van der Waals surface area contributed by atoms with E-state index >= 15 is 0 Å². The fourth-order valence-corrected chi connectivity index (χ4v) is 2.72. The normalized spacial score (nSPS) is 12.6. The summed E-state index contributed by atoms with van der Waals surface area (Å²) in [7, 11) is 1.38. The lowest BCUT2D eigenvalue weighted by Gasteiger charge is -2.18. The molecule has 170 valence electrons. The molecule has 2 aromatic rings. The highest BCUT2D eigenvalue weighted by Crippen LogP contribution is 2.12. The lowest BCUT2D eigenvalue weighted by Crippen LogP contribution is -2.30. The van der Waals surface area contributed by atoms with Gasteiger partial charge in [0.05, 0.1) is 20.3 Å². The molecule has 2 aromatic carbocycles. The van der Waals surface area contributed by atoms with E-state index in [2.05, 4.69) is 0 Å². The van der Waals surface area contributed by atoms with Gasteiger partial charge in [0.15, 0.2) is 12.2 Å². The van der Waals surface area contributed by atoms with E-state index in [1.54, 1.807) is 0 Å². The SMILES string of the molecule is CC(C)[C@H](OCc1ccccc1)C(=O)O.COC(=O)[C@@H](OCc1ccccc1)C(C)C. The molecule has 0 spiro atoms. The molecule has 0 fully saturated rings. The molecule has 0 saturated carbocycles. The number of hydrogen-bond donors (Lipinski definition) is 1. The number of ether oxygens (including phenoxy) is 3. The number of esters is 1. The van der Waals surface area contributed by atoms with Crippen molar-refractivity contribution in [3.63, 3.8) is 0 Å². The third-order valence-corrected chi connectivity index (χ3v) is 4.43. The molecule has 31 heavy (non-hydrogen) atoms. The first-order valence-electron chi connectivity index (χ1n) is 10.4. The third kappa shape index (κ3) is 10.2. The largest absolute Gasteiger partial charge is 0.479 e. The van der Waals surface area contributed by atoms with E-state index in [-0.39, 0.29) is 17.8 Å². The molecule has 0 unspecified atom stereocenters. The summed E-state index contributed by atoms with van der Waals surface area (Å²) in [6.07, 6.45) is -1.23. The number of rotatable bonds is 10. The van der Waals surface area contributed by atoms with E-state index < -0.39 is 18.2 Å². The summed E-state index contributed by atoms with van der Waals surface area (Å²) in [6, 6.07) is 19.3. The van der Waals surface area contributed by atoms with E-state index in [4.69, 9.17) is 19.3 Å². The van der Waals surface area contributed by atoms with Crippen LogP contribution in [0, 0.1) is 11.8 Å². The second-order valence-electron chi connectivity index (χ2n) is 7.78. The average molecular weight is 431 g/mol. The lowest BCUT2D eigenvalue weighted by atomic mass is 10.1. The Bertz CT molecular complexity index is 758. The van der Waals surface area contributed by atoms with Crippen LogP contribution in [-0.4, -0.2) is 36.4 Å². The fourth-order valence-electron chi connectivity index (χ4n) is 2.72. The Balaban J connectivity index is 0.000000311. The van der Waals surface area contributed by atoms with E-state index in [9.17, 15) is 9.59 Å². The zero-order valence-corrected chi connectivity index (χ0v) is 19.0. The highest BCUT2D eigenvalue weighted by Gasteiger charge is 2.23. The van der Waals surface area contributed by atoms with Crippen LogP contribution >= 0.6 is 0 Å². The summed E-state index contributed by atoms with van der Waals surface area (Å²) in [6.45, 7) is 8.32. The smallest absolute Gasteiger partial charge is 0.335 e. The van der Waals surface area contributed by atoms with Gasteiger partial charge in [0.25, 0.3) is 0 Å². The number of aliphatic carboxylic acids is 1. The quantitative estimate of drug-likeness (QED) is 0.550. The molecule has 2 rings (SSSR count). The van der Waals surface area contributed by atoms with Gasteiger partial charge in [-0.1, -0.05) is 88.4 Å². The van der Waals surface area contributed by atoms with E-state index in [0.29, 0.717) is 13.2 Å². The van der Waals surface area contributed by atoms with Gasteiger partial charge in [-0.2, -0.15) is 0 Å². The Hall–Kier alpha value is -2.70. The van der Waals surface area contributed by atoms with Gasteiger partial charge in [0.2, 0.25) is 0 Å². The third-order valence-electron chi connectivity index (χ3n) is 4.43. The van der Waals surface area contributed by atoms with Crippen molar-refractivity contribution in [3.8, 4) is 0 Å². The standard InChI is InChI=1S/C13H18O3.C12H16O3/c1-10(2)12(13(14)15-3)16-9-11-7-5-4-6-8-11;1-9(2)11(12(13)14)15-8-10-6-4-3-5-7-10/h4-8,10,12H,9H2,1-3H3;3-7,9,11H,8H2,1-2H3,(H,13,14)/t12-;11-/m00/s1. The minimum atomic E-state index is -0.902. The van der Waals surface area contributed by atoms with Gasteiger partial charge in [0.1, 0.15) is 0 Å². The summed E-state index contributed by atoms with van der Waals surface area (Å²) >= 11 is 0. The summed E-state index contributed by atoms with van der Waals surface area (Å²) < 4.78 is 15.6. The molecule has 6 heteroatoms. The second-order valence-corrected chi connectivity index (χ2v) is 7.78. The van der Waals surface area contributed by atoms with Crippen molar-refractivity contribution in [2.24, 2.45) is 11.8 Å². The summed E-state index contributed by atoms with van der Waals surface area (Å²) in [4.78, 5) is 22.3. The van der Waals surface area contributed by atoms with Crippen molar-refractivity contribution in [1.29, 1.82) is 0 Å². The van der Waals surface area contributed by atoms with Gasteiger partial charge < -0.3 is 19.3 Å². The zero-order chi connectivity index (χ0) is 23.2. The predicted molar refractivity (Wildman–Crippen MR) is 119 cm³/mol. The number of carbonyl (C=O) groups is 2. The number of carboxylic acid groups (broad SMARTS) is 1. The molecule has 0 amide bonds. The van der Waals surface area contributed by atoms with Crippen LogP contribution in [-0.2, 0) is 37.0 Å². The first-order valence-corrected chi connectivity index (χ1v) is 10.4. The molecule has 0 heterocycles. The van der Waals surface area contributed by atoms with Crippen LogP contribution in [0.3, 0.4) is 0 Å². The molecule has 0 radical (unpaired) electrons. The minimum absolute atomic E-state index is 0.0220. The number of carbonyl (C=O) groups excluding carboxylic acids is 1. The van der Waals surface area contributed by atoms with Crippen molar-refractivity contribution < 1.29 is 28.9 Å². The molecule has 1 N–H and O–H groups in total. The van der Waals surface area contributed by atoms with Crippen LogP contribution in [0.25, 0.3) is 0 Å². The van der Waals surface area contributed by atoms with Crippen LogP contribution in [0.15, 0.2) is 60.7 Å². The molecular formula is C25H34O6. The molecule has 0 aliphatic rings. The van der Waals surface area contributed by atoms with Crippen LogP contribution in [0.5, 0.6) is 0 Å². The van der Waals surface area contributed by atoms with Crippen LogP contribution in [0.2, 0.25) is 0 Å². The average Bonchev–Trinajstić information content (AvgIpc) is 2.75. The van der Waals surface area contributed by atoms with Gasteiger partial charge in [-0.05, 0) is 23.0 Å². The lowest BCUT2D eigenvalue weighted by molar-refractivity contribution is -0.158. The Morgan fingerprint density at radius 1 is 0.742 bits per heavy atom. The molecule has 0 aromatic heterocycles. The summed E-state index contributed by atoms with van der Waals surface area (Å²) in [5.41, 5.74) is 2.04. The van der Waals surface area contributed by atoms with Crippen molar-refractivity contribution >= 4 is 11.9 Å². The maximum atomic E-state index is 11.4. The number of methoxy groups -OCH3 is 1. The van der Waals surface area contributed by atoms with Crippen LogP contribution in [0.1, 0.15) is 38.8 Å². The van der Waals surface area contributed by atoms with E-state index in [0.717, 1.165) is 11.1 Å². The van der Waals surface area contributed by atoms with Crippen molar-refractivity contribution in [2.75, 3.05) is 7.11 Å². The first kappa shape index (κ1) is 26.3. The molecule has 0 saturated heterocycles. The summed E-state index contributed by atoms with van der Waals surface area (Å²) in [5, 5.41) is 8.90. The minimum Gasteiger partial charge on any atom is -0.479 e. The monoisotopic (exact) mass is 430 g/mol. The van der Waals surface area contributed by atoms with E-state index in [1.165, 1.54) is 7.11 Å². The van der Waals surface area contributed by atoms with E-state index in [1.807, 2.05) is 88.4 Å². The Morgan fingerprint density at radius 3 is 1.45 bits per heavy atom.